The van der Waals surface area contributed by atoms with Gasteiger partial charge in [-0.1, -0.05) is 0 Å². The first-order valence-corrected chi connectivity index (χ1v) is 3.62. The Morgan fingerprint density at radius 1 is 1.91 bits per heavy atom. The van der Waals surface area contributed by atoms with Gasteiger partial charge in [0.05, 0.1) is 6.07 Å². The molecule has 0 aromatic heterocycles. The van der Waals surface area contributed by atoms with Crippen molar-refractivity contribution < 1.29 is 4.79 Å². The Morgan fingerprint density at radius 3 is 3.09 bits per heavy atom. The van der Waals surface area contributed by atoms with Gasteiger partial charge in [-0.15, -0.1) is 0 Å². The van der Waals surface area contributed by atoms with E-state index in [2.05, 4.69) is 11.4 Å². The Balaban J connectivity index is 1.99. The lowest BCUT2D eigenvalue weighted by atomic mass is 10.5. The molecule has 4 nitrogen and oxygen atoms in total. The maximum atomic E-state index is 10.4. The number of hydrogen-bond acceptors (Lipinski definition) is 3. The number of rotatable bonds is 3. The predicted octanol–water partition coefficient (Wildman–Crippen LogP) is -0.670. The van der Waals surface area contributed by atoms with E-state index in [-0.39, 0.29) is 11.9 Å². The number of amides is 1. The van der Waals surface area contributed by atoms with Crippen LogP contribution in [0.3, 0.4) is 0 Å². The summed E-state index contributed by atoms with van der Waals surface area (Å²) in [4.78, 5) is 12.4. The summed E-state index contributed by atoms with van der Waals surface area (Å²) >= 11 is 0. The monoisotopic (exact) mass is 153 g/mol. The van der Waals surface area contributed by atoms with E-state index < -0.39 is 0 Å². The second kappa shape index (κ2) is 3.35. The normalized spacial score (nSPS) is 27.3. The van der Waals surface area contributed by atoms with E-state index in [0.717, 1.165) is 13.1 Å². The first-order valence-electron chi connectivity index (χ1n) is 3.62. The Labute approximate surface area is 65.8 Å². The molecule has 1 fully saturated rings. The second-order valence-corrected chi connectivity index (χ2v) is 2.62. The van der Waals surface area contributed by atoms with E-state index in [4.69, 9.17) is 5.26 Å². The zero-order valence-corrected chi connectivity index (χ0v) is 6.50. The molecule has 2 atom stereocenters. The van der Waals surface area contributed by atoms with Crippen LogP contribution >= 0.6 is 0 Å². The van der Waals surface area contributed by atoms with Crippen molar-refractivity contribution in [2.75, 3.05) is 19.6 Å². The molecule has 2 unspecified atom stereocenters. The molecular formula is C7H11N3O. The Kier molecular flexibility index (Phi) is 2.44. The fraction of sp³-hybridized carbons (Fsp3) is 0.714. The number of nitrogens with zero attached hydrogens (tertiary/aromatic N) is 2. The summed E-state index contributed by atoms with van der Waals surface area (Å²) < 4.78 is 0. The first kappa shape index (κ1) is 8.02. The highest BCUT2D eigenvalue weighted by atomic mass is 16.1. The van der Waals surface area contributed by atoms with Crippen LogP contribution in [0.5, 0.6) is 0 Å². The summed E-state index contributed by atoms with van der Waals surface area (Å²) in [5, 5.41) is 11.1. The Bertz CT molecular complexity index is 196. The summed E-state index contributed by atoms with van der Waals surface area (Å²) in [5.74, 6) is -0.0136. The molecule has 1 N–H and O–H groups in total. The van der Waals surface area contributed by atoms with E-state index in [1.807, 2.05) is 4.90 Å². The summed E-state index contributed by atoms with van der Waals surface area (Å²) in [5.41, 5.74) is 0. The van der Waals surface area contributed by atoms with Crippen LogP contribution in [0.1, 0.15) is 6.92 Å². The van der Waals surface area contributed by atoms with Gasteiger partial charge >= 0.3 is 0 Å². The van der Waals surface area contributed by atoms with E-state index in [9.17, 15) is 4.79 Å². The Morgan fingerprint density at radius 2 is 2.64 bits per heavy atom. The molecule has 0 radical (unpaired) electrons. The third kappa shape index (κ3) is 2.56. The lowest BCUT2D eigenvalue weighted by Crippen LogP contribution is -2.26. The van der Waals surface area contributed by atoms with Crippen molar-refractivity contribution in [1.82, 2.24) is 10.2 Å². The van der Waals surface area contributed by atoms with Crippen LogP contribution in [0.15, 0.2) is 0 Å². The first-order chi connectivity index (χ1) is 5.24. The fourth-order valence-corrected chi connectivity index (χ4v) is 0.920. The van der Waals surface area contributed by atoms with Gasteiger partial charge in [-0.05, 0) is 0 Å². The van der Waals surface area contributed by atoms with Crippen molar-refractivity contribution in [3.05, 3.63) is 0 Å². The third-order valence-corrected chi connectivity index (χ3v) is 1.64. The molecule has 60 valence electrons. The minimum Gasteiger partial charge on any atom is -0.355 e. The third-order valence-electron chi connectivity index (χ3n) is 1.64. The maximum Gasteiger partial charge on any atom is 0.216 e. The van der Waals surface area contributed by atoms with Crippen molar-refractivity contribution in [2.45, 2.75) is 13.0 Å². The standard InChI is InChI=1S/C7H11N3O/c1-6(11)9-2-3-10-5-7(10)4-8/h7H,2-3,5H2,1H3,(H,9,11). The lowest BCUT2D eigenvalue weighted by molar-refractivity contribution is -0.118. The van der Waals surface area contributed by atoms with Crippen molar-refractivity contribution in [1.29, 1.82) is 5.26 Å². The van der Waals surface area contributed by atoms with Crippen LogP contribution in [0.2, 0.25) is 0 Å². The van der Waals surface area contributed by atoms with Crippen LogP contribution in [0.25, 0.3) is 0 Å². The molecule has 1 saturated heterocycles. The van der Waals surface area contributed by atoms with Gasteiger partial charge < -0.3 is 5.32 Å². The topological polar surface area (TPSA) is 55.9 Å². The highest BCUT2D eigenvalue weighted by Gasteiger charge is 2.32. The molecule has 1 rings (SSSR count). The number of nitriles is 1. The molecule has 11 heavy (non-hydrogen) atoms. The molecule has 0 spiro atoms. The van der Waals surface area contributed by atoms with Crippen LogP contribution < -0.4 is 5.32 Å². The van der Waals surface area contributed by atoms with Gasteiger partial charge in [0, 0.05) is 26.6 Å². The highest BCUT2D eigenvalue weighted by Crippen LogP contribution is 2.13. The molecule has 0 aliphatic carbocycles. The molecule has 1 amide bonds. The summed E-state index contributed by atoms with van der Waals surface area (Å²) in [7, 11) is 0. The van der Waals surface area contributed by atoms with Gasteiger partial charge in [-0.2, -0.15) is 5.26 Å². The number of nitrogens with one attached hydrogen (secondary N) is 1. The van der Waals surface area contributed by atoms with Gasteiger partial charge in [0.15, 0.2) is 0 Å². The molecule has 4 heteroatoms. The van der Waals surface area contributed by atoms with E-state index in [1.54, 1.807) is 0 Å². The minimum atomic E-state index is -0.0136. The van der Waals surface area contributed by atoms with Crippen LogP contribution in [0.4, 0.5) is 0 Å². The largest absolute Gasteiger partial charge is 0.355 e. The lowest BCUT2D eigenvalue weighted by Gasteiger charge is -2.00. The van der Waals surface area contributed by atoms with E-state index in [1.165, 1.54) is 6.92 Å². The molecule has 0 saturated carbocycles. The van der Waals surface area contributed by atoms with E-state index in [0.29, 0.717) is 6.54 Å². The average Bonchev–Trinajstić information content (AvgIpc) is 2.66. The summed E-state index contributed by atoms with van der Waals surface area (Å²) in [6.45, 7) is 3.78. The second-order valence-electron chi connectivity index (χ2n) is 2.62. The Hall–Kier alpha value is -1.08. The quantitative estimate of drug-likeness (QED) is 0.547. The van der Waals surface area contributed by atoms with Crippen LogP contribution in [-0.4, -0.2) is 36.5 Å². The SMILES string of the molecule is CC(=O)NCCN1CC1C#N. The van der Waals surface area contributed by atoms with Gasteiger partial charge in [0.25, 0.3) is 0 Å². The molecule has 1 aliphatic rings. The minimum absolute atomic E-state index is 0.0136. The van der Waals surface area contributed by atoms with Crippen molar-refractivity contribution in [2.24, 2.45) is 0 Å². The van der Waals surface area contributed by atoms with Gasteiger partial charge in [-0.25, -0.2) is 0 Å². The maximum absolute atomic E-state index is 10.4. The van der Waals surface area contributed by atoms with Crippen molar-refractivity contribution in [3.8, 4) is 6.07 Å². The zero-order valence-electron chi connectivity index (χ0n) is 6.50. The van der Waals surface area contributed by atoms with Gasteiger partial charge in [0.1, 0.15) is 6.04 Å². The smallest absolute Gasteiger partial charge is 0.216 e. The number of carbonyl (C=O) groups excluding carboxylic acids is 1. The molecule has 0 aromatic carbocycles. The average molecular weight is 153 g/mol. The zero-order chi connectivity index (χ0) is 8.27. The number of carbonyl (C=O) groups is 1. The van der Waals surface area contributed by atoms with Crippen LogP contribution in [-0.2, 0) is 4.79 Å². The fourth-order valence-electron chi connectivity index (χ4n) is 0.920. The highest BCUT2D eigenvalue weighted by molar-refractivity contribution is 5.72. The van der Waals surface area contributed by atoms with Crippen molar-refractivity contribution >= 4 is 5.91 Å². The van der Waals surface area contributed by atoms with Crippen molar-refractivity contribution in [3.63, 3.8) is 0 Å². The molecule has 1 heterocycles. The molecular weight excluding hydrogens is 142 g/mol. The molecule has 0 aromatic rings. The summed E-state index contributed by atoms with van der Waals surface area (Å²) in [6.07, 6.45) is 0. The van der Waals surface area contributed by atoms with Gasteiger partial charge in [0.2, 0.25) is 5.91 Å². The van der Waals surface area contributed by atoms with Gasteiger partial charge in [-0.3, -0.25) is 9.69 Å². The summed E-state index contributed by atoms with van der Waals surface area (Å²) in [6, 6.07) is 2.24. The molecule has 1 aliphatic heterocycles. The van der Waals surface area contributed by atoms with Crippen LogP contribution in [0, 0.1) is 11.3 Å². The predicted molar refractivity (Wildman–Crippen MR) is 39.7 cm³/mol. The molecule has 0 bridgehead atoms. The number of hydrogen-bond donors (Lipinski definition) is 1. The van der Waals surface area contributed by atoms with E-state index >= 15 is 0 Å².